The van der Waals surface area contributed by atoms with Crippen LogP contribution in [0.15, 0.2) is 42.5 Å². The summed E-state index contributed by atoms with van der Waals surface area (Å²) in [5.41, 5.74) is 2.24. The van der Waals surface area contributed by atoms with Crippen LogP contribution in [0.2, 0.25) is 10.0 Å². The minimum Gasteiger partial charge on any atom is -0.277 e. The van der Waals surface area contributed by atoms with Crippen molar-refractivity contribution in [3.8, 4) is 6.07 Å². The zero-order valence-electron chi connectivity index (χ0n) is 10.7. The van der Waals surface area contributed by atoms with E-state index in [1.807, 2.05) is 12.1 Å². The Bertz CT molecular complexity index is 682. The van der Waals surface area contributed by atoms with E-state index < -0.39 is 0 Å². The van der Waals surface area contributed by atoms with Crippen LogP contribution in [0.1, 0.15) is 11.1 Å². The lowest BCUT2D eigenvalue weighted by molar-refractivity contribution is -0.419. The Labute approximate surface area is 127 Å². The molecule has 2 aromatic carbocycles. The highest BCUT2D eigenvalue weighted by Crippen LogP contribution is 2.19. The molecule has 3 nitrogen and oxygen atoms in total. The molecule has 0 aliphatic rings. The van der Waals surface area contributed by atoms with E-state index in [2.05, 4.69) is 16.4 Å². The molecule has 100 valence electrons. The number of halogens is 2. The largest absolute Gasteiger partial charge is 0.279 e. The number of nitriles is 1. The van der Waals surface area contributed by atoms with Gasteiger partial charge in [0.05, 0.1) is 24.2 Å². The van der Waals surface area contributed by atoms with E-state index in [9.17, 15) is 0 Å². The highest BCUT2D eigenvalue weighted by Gasteiger charge is 2.12. The average Bonchev–Trinajstić information content (AvgIpc) is 2.44. The van der Waals surface area contributed by atoms with Gasteiger partial charge in [-0.1, -0.05) is 29.3 Å². The van der Waals surface area contributed by atoms with Gasteiger partial charge in [-0.15, -0.1) is 0 Å². The number of nitrogens with zero attached hydrogens (tertiary/aromatic N) is 1. The summed E-state index contributed by atoms with van der Waals surface area (Å²) in [5.74, 6) is 0.754. The van der Waals surface area contributed by atoms with Crippen LogP contribution in [0.5, 0.6) is 0 Å². The van der Waals surface area contributed by atoms with Gasteiger partial charge in [-0.3, -0.25) is 4.99 Å². The van der Waals surface area contributed by atoms with E-state index in [-0.39, 0.29) is 0 Å². The third kappa shape index (κ3) is 3.51. The van der Waals surface area contributed by atoms with Crippen molar-refractivity contribution in [2.75, 3.05) is 12.4 Å². The molecule has 0 amide bonds. The fourth-order valence-corrected chi connectivity index (χ4v) is 2.31. The van der Waals surface area contributed by atoms with Crippen molar-refractivity contribution in [2.45, 2.75) is 0 Å². The number of anilines is 1. The Balaban J connectivity index is 2.32. The first kappa shape index (κ1) is 14.4. The monoisotopic (exact) mass is 304 g/mol. The summed E-state index contributed by atoms with van der Waals surface area (Å²) in [7, 11) is 1.80. The van der Waals surface area contributed by atoms with Crippen molar-refractivity contribution in [1.82, 2.24) is 0 Å². The number of nitrogens with one attached hydrogen (secondary N) is 2. The molecule has 0 unspecified atom stereocenters. The molecule has 0 atom stereocenters. The maximum atomic E-state index is 8.91. The first-order chi connectivity index (χ1) is 9.62. The summed E-state index contributed by atoms with van der Waals surface area (Å²) >= 11 is 12.0. The van der Waals surface area contributed by atoms with Crippen molar-refractivity contribution >= 4 is 34.7 Å². The molecule has 0 radical (unpaired) electrons. The van der Waals surface area contributed by atoms with E-state index in [1.54, 1.807) is 37.4 Å². The van der Waals surface area contributed by atoms with Gasteiger partial charge < -0.3 is 0 Å². The van der Waals surface area contributed by atoms with Gasteiger partial charge in [-0.05, 0) is 30.3 Å². The smallest absolute Gasteiger partial charge is 0.277 e. The van der Waals surface area contributed by atoms with Crippen LogP contribution in [0, 0.1) is 11.3 Å². The van der Waals surface area contributed by atoms with Crippen LogP contribution in [0.25, 0.3) is 0 Å². The Kier molecular flexibility index (Phi) is 4.62. The van der Waals surface area contributed by atoms with E-state index in [4.69, 9.17) is 28.5 Å². The quantitative estimate of drug-likeness (QED) is 0.661. The molecule has 0 saturated heterocycles. The van der Waals surface area contributed by atoms with Gasteiger partial charge in [0.2, 0.25) is 0 Å². The normalized spacial score (nSPS) is 11.0. The molecule has 0 heterocycles. The van der Waals surface area contributed by atoms with E-state index in [1.165, 1.54) is 0 Å². The number of hydrogen-bond donors (Lipinski definition) is 2. The Hall–Kier alpha value is -2.02. The molecule has 2 N–H and O–H groups in total. The average molecular weight is 305 g/mol. The van der Waals surface area contributed by atoms with Gasteiger partial charge in [0.15, 0.2) is 0 Å². The topological polar surface area (TPSA) is 49.8 Å². The van der Waals surface area contributed by atoms with Gasteiger partial charge in [0, 0.05) is 16.1 Å². The third-order valence-corrected chi connectivity index (χ3v) is 3.10. The van der Waals surface area contributed by atoms with Crippen molar-refractivity contribution in [3.05, 3.63) is 63.6 Å². The first-order valence-electron chi connectivity index (χ1n) is 5.90. The third-order valence-electron chi connectivity index (χ3n) is 2.66. The van der Waals surface area contributed by atoms with Gasteiger partial charge in [-0.2, -0.15) is 5.26 Å². The first-order valence-corrected chi connectivity index (χ1v) is 6.66. The molecule has 0 saturated carbocycles. The summed E-state index contributed by atoms with van der Waals surface area (Å²) in [4.78, 5) is 3.06. The summed E-state index contributed by atoms with van der Waals surface area (Å²) in [5, 5.41) is 13.2. The van der Waals surface area contributed by atoms with Gasteiger partial charge >= 0.3 is 0 Å². The standard InChI is InChI=1S/C15H11Cl2N3/c1-19-15(11-6-12(16)8-13(17)7-11)20-14-4-2-3-10(5-14)9-18/h2-8H,1H3,(H,19,20)/p+1. The minimum atomic E-state index is 0.563. The van der Waals surface area contributed by atoms with Gasteiger partial charge in [0.1, 0.15) is 5.69 Å². The van der Waals surface area contributed by atoms with Crippen LogP contribution in [0.4, 0.5) is 5.69 Å². The maximum Gasteiger partial charge on any atom is 0.279 e. The highest BCUT2D eigenvalue weighted by molar-refractivity contribution is 6.35. The van der Waals surface area contributed by atoms with Crippen LogP contribution in [0.3, 0.4) is 0 Å². The van der Waals surface area contributed by atoms with Crippen LogP contribution >= 0.6 is 23.2 Å². The zero-order chi connectivity index (χ0) is 14.5. The molecule has 0 fully saturated rings. The fourth-order valence-electron chi connectivity index (χ4n) is 1.79. The van der Waals surface area contributed by atoms with Crippen LogP contribution in [-0.4, -0.2) is 12.9 Å². The summed E-state index contributed by atoms with van der Waals surface area (Å²) in [6.07, 6.45) is 0. The molecule has 2 rings (SSSR count). The highest BCUT2D eigenvalue weighted by atomic mass is 35.5. The Morgan fingerprint density at radius 2 is 1.85 bits per heavy atom. The zero-order valence-corrected chi connectivity index (χ0v) is 12.3. The summed E-state index contributed by atoms with van der Waals surface area (Å²) in [6, 6.07) is 14.6. The molecule has 0 bridgehead atoms. The second kappa shape index (κ2) is 6.42. The summed E-state index contributed by atoms with van der Waals surface area (Å²) in [6.45, 7) is 0. The number of benzene rings is 2. The lowest BCUT2D eigenvalue weighted by Crippen LogP contribution is -2.70. The maximum absolute atomic E-state index is 8.91. The van der Waals surface area contributed by atoms with Crippen molar-refractivity contribution in [1.29, 1.82) is 5.26 Å². The number of amidine groups is 1. The second-order valence-electron chi connectivity index (χ2n) is 4.10. The second-order valence-corrected chi connectivity index (χ2v) is 4.97. The van der Waals surface area contributed by atoms with E-state index >= 15 is 0 Å². The summed E-state index contributed by atoms with van der Waals surface area (Å²) < 4.78 is 0. The lowest BCUT2D eigenvalue weighted by atomic mass is 10.1. The number of rotatable bonds is 2. The Morgan fingerprint density at radius 1 is 1.15 bits per heavy atom. The van der Waals surface area contributed by atoms with E-state index in [0.29, 0.717) is 15.6 Å². The SMILES string of the molecule is C[NH+]=C(Nc1cccc(C#N)c1)c1cc(Cl)cc(Cl)c1. The molecule has 0 aliphatic heterocycles. The van der Waals surface area contributed by atoms with Crippen molar-refractivity contribution in [3.63, 3.8) is 0 Å². The molecule has 0 aliphatic carbocycles. The van der Waals surface area contributed by atoms with Gasteiger partial charge in [0.25, 0.3) is 5.84 Å². The molecular weight excluding hydrogens is 293 g/mol. The van der Waals surface area contributed by atoms with Gasteiger partial charge in [-0.25, -0.2) is 5.32 Å². The molecule has 20 heavy (non-hydrogen) atoms. The van der Waals surface area contributed by atoms with Crippen molar-refractivity contribution in [2.24, 2.45) is 0 Å². The molecule has 5 heteroatoms. The van der Waals surface area contributed by atoms with E-state index in [0.717, 1.165) is 17.1 Å². The lowest BCUT2D eigenvalue weighted by Gasteiger charge is -2.04. The number of hydrogen-bond acceptors (Lipinski definition) is 1. The Morgan fingerprint density at radius 3 is 2.45 bits per heavy atom. The van der Waals surface area contributed by atoms with Crippen molar-refractivity contribution < 1.29 is 4.99 Å². The molecule has 0 aromatic heterocycles. The van der Waals surface area contributed by atoms with Crippen LogP contribution in [-0.2, 0) is 0 Å². The molecular formula is C15H12Cl2N3+. The molecule has 0 spiro atoms. The van der Waals surface area contributed by atoms with Crippen LogP contribution < -0.4 is 10.3 Å². The molecule has 2 aromatic rings. The predicted molar refractivity (Wildman–Crippen MR) is 82.2 cm³/mol. The fraction of sp³-hybridized carbons (Fsp3) is 0.0667. The minimum absolute atomic E-state index is 0.563. The predicted octanol–water partition coefficient (Wildman–Crippen LogP) is 2.43.